The number of furan rings is 1. The minimum atomic E-state index is -3.66. The van der Waals surface area contributed by atoms with Gasteiger partial charge in [-0.3, -0.25) is 5.10 Å². The molecule has 0 aliphatic carbocycles. The van der Waals surface area contributed by atoms with Gasteiger partial charge in [0.2, 0.25) is 0 Å². The van der Waals surface area contributed by atoms with E-state index >= 15 is 0 Å². The average molecular weight is 284 g/mol. The second-order valence-corrected chi connectivity index (χ2v) is 5.75. The first-order chi connectivity index (χ1) is 9.04. The molecular weight excluding hydrogens is 268 g/mol. The number of hydrogen-bond acceptors (Lipinski definition) is 5. The minimum Gasteiger partial charge on any atom is -0.468 e. The quantitative estimate of drug-likeness (QED) is 0.717. The van der Waals surface area contributed by atoms with Crippen molar-refractivity contribution in [1.82, 2.24) is 20.2 Å². The maximum absolute atomic E-state index is 12.2. The number of aromatic amines is 1. The van der Waals surface area contributed by atoms with E-state index in [4.69, 9.17) is 4.42 Å². The van der Waals surface area contributed by atoms with Crippen LogP contribution < -0.4 is 10.0 Å². The van der Waals surface area contributed by atoms with Crippen molar-refractivity contribution in [2.75, 3.05) is 7.05 Å². The average Bonchev–Trinajstić information content (AvgIpc) is 2.99. The van der Waals surface area contributed by atoms with Gasteiger partial charge in [0.15, 0.2) is 5.03 Å². The van der Waals surface area contributed by atoms with Gasteiger partial charge in [-0.25, -0.2) is 13.1 Å². The van der Waals surface area contributed by atoms with Gasteiger partial charge in [-0.05, 0) is 26.1 Å². The van der Waals surface area contributed by atoms with Gasteiger partial charge in [0.1, 0.15) is 5.76 Å². The minimum absolute atomic E-state index is 0.0194. The molecule has 0 aromatic carbocycles. The van der Waals surface area contributed by atoms with Crippen molar-refractivity contribution in [2.24, 2.45) is 0 Å². The number of aromatic nitrogens is 2. The lowest BCUT2D eigenvalue weighted by Gasteiger charge is -2.05. The molecule has 104 valence electrons. The van der Waals surface area contributed by atoms with Gasteiger partial charge in [-0.2, -0.15) is 5.10 Å². The van der Waals surface area contributed by atoms with Gasteiger partial charge in [-0.15, -0.1) is 0 Å². The fourth-order valence-electron chi connectivity index (χ4n) is 1.68. The number of nitrogens with one attached hydrogen (secondary N) is 3. The summed E-state index contributed by atoms with van der Waals surface area (Å²) < 4.78 is 31.9. The van der Waals surface area contributed by atoms with Crippen LogP contribution in [-0.4, -0.2) is 25.7 Å². The van der Waals surface area contributed by atoms with Crippen LogP contribution in [0, 0.1) is 6.92 Å². The number of aryl methyl sites for hydroxylation is 1. The van der Waals surface area contributed by atoms with Gasteiger partial charge in [-0.1, -0.05) is 0 Å². The number of rotatable bonds is 6. The van der Waals surface area contributed by atoms with Crippen LogP contribution in [0.2, 0.25) is 0 Å². The van der Waals surface area contributed by atoms with Crippen molar-refractivity contribution in [3.63, 3.8) is 0 Å². The van der Waals surface area contributed by atoms with E-state index in [1.807, 2.05) is 0 Å². The van der Waals surface area contributed by atoms with Crippen LogP contribution in [0.3, 0.4) is 0 Å². The van der Waals surface area contributed by atoms with E-state index in [9.17, 15) is 8.42 Å². The Morgan fingerprint density at radius 3 is 2.84 bits per heavy atom. The molecule has 0 aliphatic heterocycles. The van der Waals surface area contributed by atoms with Crippen molar-refractivity contribution in [1.29, 1.82) is 0 Å². The third-order valence-corrected chi connectivity index (χ3v) is 4.03. The summed E-state index contributed by atoms with van der Waals surface area (Å²) >= 11 is 0. The molecule has 3 N–H and O–H groups in total. The molecule has 19 heavy (non-hydrogen) atoms. The molecule has 0 radical (unpaired) electrons. The van der Waals surface area contributed by atoms with E-state index in [-0.39, 0.29) is 11.6 Å². The van der Waals surface area contributed by atoms with E-state index < -0.39 is 10.0 Å². The van der Waals surface area contributed by atoms with E-state index in [1.165, 1.54) is 6.26 Å². The smallest absolute Gasteiger partial charge is 0.260 e. The first kappa shape index (κ1) is 13.8. The maximum atomic E-state index is 12.2. The van der Waals surface area contributed by atoms with Crippen LogP contribution in [-0.2, 0) is 23.1 Å². The number of H-pyrrole nitrogens is 1. The number of nitrogens with zero attached hydrogens (tertiary/aromatic N) is 1. The van der Waals surface area contributed by atoms with E-state index in [0.29, 0.717) is 17.9 Å². The zero-order valence-corrected chi connectivity index (χ0v) is 11.5. The monoisotopic (exact) mass is 284 g/mol. The summed E-state index contributed by atoms with van der Waals surface area (Å²) in [5.41, 5.74) is 1.36. The predicted molar refractivity (Wildman–Crippen MR) is 68.8 cm³/mol. The Kier molecular flexibility index (Phi) is 4.03. The van der Waals surface area contributed by atoms with E-state index in [2.05, 4.69) is 20.2 Å². The molecule has 7 nitrogen and oxygen atoms in total. The van der Waals surface area contributed by atoms with Crippen molar-refractivity contribution < 1.29 is 12.8 Å². The zero-order valence-electron chi connectivity index (χ0n) is 10.7. The first-order valence-electron chi connectivity index (χ1n) is 5.75. The SMILES string of the molecule is CNCc1c(S(=O)(=O)NCc2ccco2)n[nH]c1C. The van der Waals surface area contributed by atoms with Crippen LogP contribution in [0.25, 0.3) is 0 Å². The van der Waals surface area contributed by atoms with Gasteiger partial charge in [0, 0.05) is 17.8 Å². The van der Waals surface area contributed by atoms with Gasteiger partial charge >= 0.3 is 0 Å². The largest absolute Gasteiger partial charge is 0.468 e. The highest BCUT2D eigenvalue weighted by Crippen LogP contribution is 2.16. The van der Waals surface area contributed by atoms with Crippen molar-refractivity contribution >= 4 is 10.0 Å². The third-order valence-electron chi connectivity index (χ3n) is 2.66. The molecule has 2 heterocycles. The van der Waals surface area contributed by atoms with Gasteiger partial charge in [0.05, 0.1) is 12.8 Å². The Morgan fingerprint density at radius 2 is 2.21 bits per heavy atom. The lowest BCUT2D eigenvalue weighted by atomic mass is 10.3. The zero-order chi connectivity index (χ0) is 13.9. The molecule has 0 saturated heterocycles. The Labute approximate surface area is 111 Å². The summed E-state index contributed by atoms with van der Waals surface area (Å²) in [7, 11) is -1.91. The Balaban J connectivity index is 2.19. The summed E-state index contributed by atoms with van der Waals surface area (Å²) in [4.78, 5) is 0. The lowest BCUT2D eigenvalue weighted by molar-refractivity contribution is 0.498. The van der Waals surface area contributed by atoms with Crippen molar-refractivity contribution in [3.8, 4) is 0 Å². The van der Waals surface area contributed by atoms with Crippen LogP contribution in [0.15, 0.2) is 27.8 Å². The van der Waals surface area contributed by atoms with Crippen LogP contribution in [0.5, 0.6) is 0 Å². The number of sulfonamides is 1. The molecule has 2 aromatic heterocycles. The molecule has 8 heteroatoms. The van der Waals surface area contributed by atoms with E-state index in [1.54, 1.807) is 26.1 Å². The molecule has 2 rings (SSSR count). The highest BCUT2D eigenvalue weighted by molar-refractivity contribution is 7.89. The molecule has 0 aliphatic rings. The molecule has 2 aromatic rings. The molecule has 0 unspecified atom stereocenters. The van der Waals surface area contributed by atoms with Crippen LogP contribution >= 0.6 is 0 Å². The standard InChI is InChI=1S/C11H16N4O3S/c1-8-10(7-12-2)11(15-14-8)19(16,17)13-6-9-4-3-5-18-9/h3-5,12-13H,6-7H2,1-2H3,(H,14,15). The predicted octanol–water partition coefficient (Wildman–Crippen LogP) is 0.509. The lowest BCUT2D eigenvalue weighted by Crippen LogP contribution is -2.25. The summed E-state index contributed by atoms with van der Waals surface area (Å²) in [6.07, 6.45) is 1.49. The van der Waals surface area contributed by atoms with Crippen molar-refractivity contribution in [2.45, 2.75) is 25.0 Å². The molecule has 0 fully saturated rings. The molecular formula is C11H16N4O3S. The second-order valence-electron chi connectivity index (χ2n) is 4.07. The van der Waals surface area contributed by atoms with Crippen molar-refractivity contribution in [3.05, 3.63) is 35.4 Å². The molecule has 0 atom stereocenters. The highest BCUT2D eigenvalue weighted by atomic mass is 32.2. The molecule has 0 bridgehead atoms. The topological polar surface area (TPSA) is 100 Å². The summed E-state index contributed by atoms with van der Waals surface area (Å²) in [6.45, 7) is 2.31. The Morgan fingerprint density at radius 1 is 1.42 bits per heavy atom. The number of hydrogen-bond donors (Lipinski definition) is 3. The van der Waals surface area contributed by atoms with Crippen LogP contribution in [0.4, 0.5) is 0 Å². The Hall–Kier alpha value is -1.64. The maximum Gasteiger partial charge on any atom is 0.260 e. The molecule has 0 amide bonds. The summed E-state index contributed by atoms with van der Waals surface area (Å²) in [5, 5.41) is 9.49. The van der Waals surface area contributed by atoms with E-state index in [0.717, 1.165) is 5.69 Å². The fraction of sp³-hybridized carbons (Fsp3) is 0.364. The third kappa shape index (κ3) is 3.03. The normalized spacial score (nSPS) is 11.9. The second kappa shape index (κ2) is 5.55. The van der Waals surface area contributed by atoms with Gasteiger partial charge in [0.25, 0.3) is 10.0 Å². The van der Waals surface area contributed by atoms with Gasteiger partial charge < -0.3 is 9.73 Å². The van der Waals surface area contributed by atoms with Crippen LogP contribution in [0.1, 0.15) is 17.0 Å². The highest BCUT2D eigenvalue weighted by Gasteiger charge is 2.23. The molecule has 0 spiro atoms. The first-order valence-corrected chi connectivity index (χ1v) is 7.23. The summed E-state index contributed by atoms with van der Waals surface area (Å²) in [5.74, 6) is 0.547. The fourth-order valence-corrected chi connectivity index (χ4v) is 2.87. The summed E-state index contributed by atoms with van der Waals surface area (Å²) in [6, 6.07) is 3.40. The molecule has 0 saturated carbocycles. The Bertz CT molecular complexity index is 631.